The number of carbonyl (C=O) groups is 1. The number of hydrogen-bond donors (Lipinski definition) is 3. The number of ether oxygens (including phenoxy) is 1. The van der Waals surface area contributed by atoms with Gasteiger partial charge in [-0.3, -0.25) is 5.43 Å². The second-order valence-corrected chi connectivity index (χ2v) is 4.74. The lowest BCUT2D eigenvalue weighted by Gasteiger charge is -2.19. The third-order valence-electron chi connectivity index (χ3n) is 1.87. The Morgan fingerprint density at radius 2 is 2.17 bits per heavy atom. The Balaban J connectivity index is 2.48. The molecule has 0 saturated carbocycles. The molecule has 0 unspecified atom stereocenters. The Bertz CT molecular complexity index is 402. The first-order valence-electron chi connectivity index (χ1n) is 5.72. The molecule has 1 amide bonds. The van der Waals surface area contributed by atoms with Crippen molar-refractivity contribution >= 4 is 11.9 Å². The van der Waals surface area contributed by atoms with E-state index in [0.717, 1.165) is 5.69 Å². The van der Waals surface area contributed by atoms with E-state index < -0.39 is 11.7 Å². The summed E-state index contributed by atoms with van der Waals surface area (Å²) >= 11 is 0. The van der Waals surface area contributed by atoms with Crippen molar-refractivity contribution in [3.8, 4) is 0 Å². The van der Waals surface area contributed by atoms with Crippen LogP contribution in [0.15, 0.2) is 18.2 Å². The van der Waals surface area contributed by atoms with Gasteiger partial charge in [-0.15, -0.1) is 0 Å². The first-order chi connectivity index (χ1) is 8.40. The first kappa shape index (κ1) is 14.2. The SMILES string of the molecule is CC(C)(C)OC(=O)NNc1cccc(CCO)n1. The number of carbonyl (C=O) groups excluding carboxylic acids is 1. The van der Waals surface area contributed by atoms with Crippen LogP contribution in [0, 0.1) is 0 Å². The number of pyridine rings is 1. The van der Waals surface area contributed by atoms with E-state index in [4.69, 9.17) is 9.84 Å². The Labute approximate surface area is 106 Å². The number of anilines is 1. The summed E-state index contributed by atoms with van der Waals surface area (Å²) in [5.41, 5.74) is 5.24. The molecule has 1 aromatic heterocycles. The van der Waals surface area contributed by atoms with Crippen LogP contribution in [0.1, 0.15) is 26.5 Å². The minimum Gasteiger partial charge on any atom is -0.443 e. The van der Waals surface area contributed by atoms with Gasteiger partial charge in [-0.2, -0.15) is 0 Å². The lowest BCUT2D eigenvalue weighted by molar-refractivity contribution is 0.0541. The number of hydrogen-bond acceptors (Lipinski definition) is 5. The number of rotatable bonds is 4. The Morgan fingerprint density at radius 1 is 1.44 bits per heavy atom. The van der Waals surface area contributed by atoms with Gasteiger partial charge in [-0.05, 0) is 32.9 Å². The van der Waals surface area contributed by atoms with Crippen LogP contribution in [0.5, 0.6) is 0 Å². The molecule has 0 atom stereocenters. The third-order valence-corrected chi connectivity index (χ3v) is 1.87. The molecule has 1 heterocycles. The summed E-state index contributed by atoms with van der Waals surface area (Å²) in [6, 6.07) is 5.30. The number of aliphatic hydroxyl groups is 1. The van der Waals surface area contributed by atoms with E-state index in [1.54, 1.807) is 39.0 Å². The highest BCUT2D eigenvalue weighted by Gasteiger charge is 2.15. The molecule has 1 rings (SSSR count). The Kier molecular flexibility index (Phi) is 4.91. The second kappa shape index (κ2) is 6.20. The van der Waals surface area contributed by atoms with Gasteiger partial charge in [0.25, 0.3) is 0 Å². The molecule has 0 spiro atoms. The van der Waals surface area contributed by atoms with Crippen molar-refractivity contribution in [3.05, 3.63) is 23.9 Å². The third kappa shape index (κ3) is 5.49. The molecule has 0 aliphatic heterocycles. The van der Waals surface area contributed by atoms with Gasteiger partial charge in [0, 0.05) is 18.7 Å². The largest absolute Gasteiger partial charge is 0.443 e. The van der Waals surface area contributed by atoms with Crippen LogP contribution in [0.25, 0.3) is 0 Å². The quantitative estimate of drug-likeness (QED) is 0.708. The van der Waals surface area contributed by atoms with Crippen molar-refractivity contribution in [3.63, 3.8) is 0 Å². The summed E-state index contributed by atoms with van der Waals surface area (Å²) in [6.07, 6.45) is -0.0982. The monoisotopic (exact) mass is 253 g/mol. The van der Waals surface area contributed by atoms with Crippen LogP contribution in [0.4, 0.5) is 10.6 Å². The summed E-state index contributed by atoms with van der Waals surface area (Å²) in [5.74, 6) is 0.492. The maximum atomic E-state index is 11.4. The highest BCUT2D eigenvalue weighted by atomic mass is 16.6. The molecule has 1 aromatic rings. The predicted octanol–water partition coefficient (Wildman–Crippen LogP) is 1.47. The highest BCUT2D eigenvalue weighted by molar-refractivity contribution is 5.69. The van der Waals surface area contributed by atoms with Gasteiger partial charge in [0.1, 0.15) is 11.4 Å². The van der Waals surface area contributed by atoms with Gasteiger partial charge in [-0.1, -0.05) is 6.07 Å². The van der Waals surface area contributed by atoms with Gasteiger partial charge >= 0.3 is 6.09 Å². The molecule has 3 N–H and O–H groups in total. The predicted molar refractivity (Wildman–Crippen MR) is 68.0 cm³/mol. The summed E-state index contributed by atoms with van der Waals surface area (Å²) in [4.78, 5) is 15.6. The molecule has 6 nitrogen and oxygen atoms in total. The lowest BCUT2D eigenvalue weighted by Crippen LogP contribution is -2.36. The summed E-state index contributed by atoms with van der Waals surface area (Å²) in [7, 11) is 0. The standard InChI is InChI=1S/C12H19N3O3/c1-12(2,3)18-11(17)15-14-10-6-4-5-9(13-10)7-8-16/h4-6,16H,7-8H2,1-3H3,(H,13,14)(H,15,17). The molecule has 0 aliphatic carbocycles. The first-order valence-corrected chi connectivity index (χ1v) is 5.72. The van der Waals surface area contributed by atoms with E-state index in [1.165, 1.54) is 0 Å². The van der Waals surface area contributed by atoms with Crippen molar-refractivity contribution in [1.82, 2.24) is 10.4 Å². The molecule has 0 radical (unpaired) electrons. The molecule has 6 heteroatoms. The number of nitrogens with zero attached hydrogens (tertiary/aromatic N) is 1. The van der Waals surface area contributed by atoms with Crippen LogP contribution in [-0.2, 0) is 11.2 Å². The van der Waals surface area contributed by atoms with E-state index >= 15 is 0 Å². The number of amides is 1. The average molecular weight is 253 g/mol. The van der Waals surface area contributed by atoms with E-state index in [9.17, 15) is 4.79 Å². The Morgan fingerprint density at radius 3 is 2.78 bits per heavy atom. The van der Waals surface area contributed by atoms with Crippen LogP contribution in [-0.4, -0.2) is 28.4 Å². The number of aromatic nitrogens is 1. The van der Waals surface area contributed by atoms with Crippen molar-refractivity contribution in [1.29, 1.82) is 0 Å². The van der Waals surface area contributed by atoms with Gasteiger partial charge in [0.05, 0.1) is 0 Å². The number of hydrazine groups is 1. The zero-order valence-corrected chi connectivity index (χ0v) is 10.9. The molecular formula is C12H19N3O3. The molecular weight excluding hydrogens is 234 g/mol. The molecule has 0 aliphatic rings. The maximum absolute atomic E-state index is 11.4. The topological polar surface area (TPSA) is 83.5 Å². The van der Waals surface area contributed by atoms with Crippen molar-refractivity contribution < 1.29 is 14.6 Å². The molecule has 0 bridgehead atoms. The van der Waals surface area contributed by atoms with Crippen molar-refractivity contribution in [2.45, 2.75) is 32.8 Å². The molecule has 0 saturated heterocycles. The minimum absolute atomic E-state index is 0.0376. The van der Waals surface area contributed by atoms with Gasteiger partial charge in [-0.25, -0.2) is 15.2 Å². The second-order valence-electron chi connectivity index (χ2n) is 4.74. The number of aliphatic hydroxyl groups excluding tert-OH is 1. The normalized spacial score (nSPS) is 10.9. The smallest absolute Gasteiger partial charge is 0.426 e. The van der Waals surface area contributed by atoms with Crippen LogP contribution in [0.3, 0.4) is 0 Å². The minimum atomic E-state index is -0.572. The lowest BCUT2D eigenvalue weighted by atomic mass is 10.2. The van der Waals surface area contributed by atoms with E-state index in [-0.39, 0.29) is 6.61 Å². The summed E-state index contributed by atoms with van der Waals surface area (Å²) in [6.45, 7) is 5.39. The van der Waals surface area contributed by atoms with Gasteiger partial charge in [0.2, 0.25) is 0 Å². The zero-order chi connectivity index (χ0) is 13.6. The highest BCUT2D eigenvalue weighted by Crippen LogP contribution is 2.07. The fraction of sp³-hybridized carbons (Fsp3) is 0.500. The maximum Gasteiger partial charge on any atom is 0.426 e. The van der Waals surface area contributed by atoms with Crippen molar-refractivity contribution in [2.24, 2.45) is 0 Å². The van der Waals surface area contributed by atoms with E-state index in [2.05, 4.69) is 15.8 Å². The zero-order valence-electron chi connectivity index (χ0n) is 10.9. The molecule has 18 heavy (non-hydrogen) atoms. The van der Waals surface area contributed by atoms with Gasteiger partial charge < -0.3 is 9.84 Å². The van der Waals surface area contributed by atoms with E-state index in [0.29, 0.717) is 12.2 Å². The molecule has 100 valence electrons. The van der Waals surface area contributed by atoms with Crippen molar-refractivity contribution in [2.75, 3.05) is 12.0 Å². The van der Waals surface area contributed by atoms with Crippen LogP contribution < -0.4 is 10.9 Å². The Hall–Kier alpha value is -1.82. The fourth-order valence-corrected chi connectivity index (χ4v) is 1.22. The van der Waals surface area contributed by atoms with E-state index in [1.807, 2.05) is 0 Å². The molecule has 0 aromatic carbocycles. The fourth-order valence-electron chi connectivity index (χ4n) is 1.22. The average Bonchev–Trinajstić information content (AvgIpc) is 2.25. The van der Waals surface area contributed by atoms with Crippen LogP contribution in [0.2, 0.25) is 0 Å². The van der Waals surface area contributed by atoms with Gasteiger partial charge in [0.15, 0.2) is 0 Å². The number of nitrogens with one attached hydrogen (secondary N) is 2. The summed E-state index contributed by atoms with van der Waals surface area (Å²) < 4.78 is 5.06. The molecule has 0 fully saturated rings. The van der Waals surface area contributed by atoms with Crippen LogP contribution >= 0.6 is 0 Å². The summed E-state index contributed by atoms with van der Waals surface area (Å²) in [5, 5.41) is 8.81.